The highest BCUT2D eigenvalue weighted by Gasteiger charge is 2.09. The van der Waals surface area contributed by atoms with Gasteiger partial charge in [0.15, 0.2) is 0 Å². The van der Waals surface area contributed by atoms with Crippen LogP contribution in [0.4, 0.5) is 4.79 Å². The number of hydrogen-bond donors (Lipinski definition) is 3. The Balaban J connectivity index is 3.47. The van der Waals surface area contributed by atoms with Gasteiger partial charge in [-0.1, -0.05) is 0 Å². The summed E-state index contributed by atoms with van der Waals surface area (Å²) in [4.78, 5) is 21.5. The molecule has 0 aliphatic carbocycles. The molecule has 3 N–H and O–H groups in total. The van der Waals surface area contributed by atoms with Crippen molar-refractivity contribution in [3.05, 3.63) is 0 Å². The summed E-state index contributed by atoms with van der Waals surface area (Å²) >= 11 is 0. The van der Waals surface area contributed by atoms with Crippen LogP contribution in [0.25, 0.3) is 0 Å². The maximum absolute atomic E-state index is 11.2. The molecule has 0 heterocycles. The van der Waals surface area contributed by atoms with Crippen molar-refractivity contribution in [2.45, 2.75) is 32.7 Å². The molecular formula is C10H20N2O4. The third-order valence-electron chi connectivity index (χ3n) is 1.81. The molecule has 1 atom stereocenters. The van der Waals surface area contributed by atoms with E-state index in [0.717, 1.165) is 6.42 Å². The molecule has 6 heteroatoms. The first-order valence-electron chi connectivity index (χ1n) is 5.40. The molecule has 16 heavy (non-hydrogen) atoms. The van der Waals surface area contributed by atoms with Crippen LogP contribution in [0.5, 0.6) is 0 Å². The highest BCUT2D eigenvalue weighted by Crippen LogP contribution is 1.89. The summed E-state index contributed by atoms with van der Waals surface area (Å²) in [5.41, 5.74) is 0. The Kier molecular flexibility index (Phi) is 8.24. The van der Waals surface area contributed by atoms with E-state index in [1.165, 1.54) is 0 Å². The maximum Gasteiger partial charge on any atom is 0.315 e. The topological polar surface area (TPSA) is 87.7 Å². The van der Waals surface area contributed by atoms with Gasteiger partial charge < -0.3 is 20.5 Å². The zero-order valence-corrected chi connectivity index (χ0v) is 9.78. The standard InChI is InChI=1S/C10H20N2O4/c1-3-16-6-4-5-11-10(15)12-8(2)7-9(13)14/h8H,3-7H2,1-2H3,(H,13,14)(H2,11,12,15). The van der Waals surface area contributed by atoms with E-state index in [1.807, 2.05) is 6.92 Å². The number of carbonyl (C=O) groups excluding carboxylic acids is 1. The smallest absolute Gasteiger partial charge is 0.315 e. The Morgan fingerprint density at radius 1 is 1.44 bits per heavy atom. The van der Waals surface area contributed by atoms with Gasteiger partial charge in [0.1, 0.15) is 0 Å². The van der Waals surface area contributed by atoms with Gasteiger partial charge in [0, 0.05) is 25.8 Å². The summed E-state index contributed by atoms with van der Waals surface area (Å²) in [6.45, 7) is 5.36. The minimum Gasteiger partial charge on any atom is -0.481 e. The molecule has 6 nitrogen and oxygen atoms in total. The molecule has 0 aromatic rings. The first-order valence-corrected chi connectivity index (χ1v) is 5.40. The molecule has 0 aromatic carbocycles. The van der Waals surface area contributed by atoms with Gasteiger partial charge in [-0.3, -0.25) is 4.79 Å². The predicted molar refractivity (Wildman–Crippen MR) is 59.4 cm³/mol. The molecule has 1 unspecified atom stereocenters. The van der Waals surface area contributed by atoms with Crippen LogP contribution in [0.15, 0.2) is 0 Å². The second-order valence-electron chi connectivity index (χ2n) is 3.45. The summed E-state index contributed by atoms with van der Waals surface area (Å²) < 4.78 is 5.10. The van der Waals surface area contributed by atoms with Crippen molar-refractivity contribution in [2.75, 3.05) is 19.8 Å². The van der Waals surface area contributed by atoms with Gasteiger partial charge in [-0.25, -0.2) is 4.79 Å². The third-order valence-corrected chi connectivity index (χ3v) is 1.81. The minimum atomic E-state index is -0.927. The number of ether oxygens (including phenoxy) is 1. The van der Waals surface area contributed by atoms with Gasteiger partial charge in [0.05, 0.1) is 6.42 Å². The fourth-order valence-electron chi connectivity index (χ4n) is 1.11. The molecule has 0 radical (unpaired) electrons. The Morgan fingerprint density at radius 3 is 2.69 bits per heavy atom. The average molecular weight is 232 g/mol. The van der Waals surface area contributed by atoms with E-state index < -0.39 is 5.97 Å². The second-order valence-corrected chi connectivity index (χ2v) is 3.45. The molecule has 0 aliphatic rings. The number of hydrogen-bond acceptors (Lipinski definition) is 3. The van der Waals surface area contributed by atoms with Crippen molar-refractivity contribution < 1.29 is 19.4 Å². The first-order chi connectivity index (χ1) is 7.56. The molecule has 0 spiro atoms. The Hall–Kier alpha value is -1.30. The first kappa shape index (κ1) is 14.7. The Morgan fingerprint density at radius 2 is 2.12 bits per heavy atom. The van der Waals surface area contributed by atoms with Crippen molar-refractivity contribution in [3.8, 4) is 0 Å². The number of carbonyl (C=O) groups is 2. The van der Waals surface area contributed by atoms with E-state index in [9.17, 15) is 9.59 Å². The number of amides is 2. The van der Waals surface area contributed by atoms with Crippen LogP contribution in [0, 0.1) is 0 Å². The largest absolute Gasteiger partial charge is 0.481 e. The quantitative estimate of drug-likeness (QED) is 0.534. The van der Waals surface area contributed by atoms with Crippen LogP contribution >= 0.6 is 0 Å². The lowest BCUT2D eigenvalue weighted by Crippen LogP contribution is -2.42. The molecule has 0 saturated carbocycles. The van der Waals surface area contributed by atoms with E-state index in [-0.39, 0.29) is 18.5 Å². The van der Waals surface area contributed by atoms with Gasteiger partial charge >= 0.3 is 12.0 Å². The lowest BCUT2D eigenvalue weighted by molar-refractivity contribution is -0.137. The molecule has 0 aliphatic heterocycles. The van der Waals surface area contributed by atoms with E-state index in [1.54, 1.807) is 6.92 Å². The van der Waals surface area contributed by atoms with Gasteiger partial charge in [-0.15, -0.1) is 0 Å². The number of carboxylic acid groups (broad SMARTS) is 1. The molecule has 0 fully saturated rings. The average Bonchev–Trinajstić information content (AvgIpc) is 2.15. The fraction of sp³-hybridized carbons (Fsp3) is 0.800. The third kappa shape index (κ3) is 9.26. The second kappa shape index (κ2) is 8.96. The van der Waals surface area contributed by atoms with Crippen LogP contribution in [-0.2, 0) is 9.53 Å². The van der Waals surface area contributed by atoms with Gasteiger partial charge in [0.25, 0.3) is 0 Å². The number of nitrogens with one attached hydrogen (secondary N) is 2. The zero-order valence-electron chi connectivity index (χ0n) is 9.78. The van der Waals surface area contributed by atoms with Crippen LogP contribution in [-0.4, -0.2) is 42.9 Å². The van der Waals surface area contributed by atoms with Crippen LogP contribution in [0.1, 0.15) is 26.7 Å². The minimum absolute atomic E-state index is 0.0770. The van der Waals surface area contributed by atoms with Crippen LogP contribution < -0.4 is 10.6 Å². The number of urea groups is 1. The van der Waals surface area contributed by atoms with Crippen LogP contribution in [0.3, 0.4) is 0 Å². The molecular weight excluding hydrogens is 212 g/mol. The van der Waals surface area contributed by atoms with Crippen LogP contribution in [0.2, 0.25) is 0 Å². The van der Waals surface area contributed by atoms with Crippen molar-refractivity contribution in [1.29, 1.82) is 0 Å². The number of carboxylic acids is 1. The number of aliphatic carboxylic acids is 1. The molecule has 0 saturated heterocycles. The summed E-state index contributed by atoms with van der Waals surface area (Å²) in [5, 5.41) is 13.6. The van der Waals surface area contributed by atoms with Crippen molar-refractivity contribution in [3.63, 3.8) is 0 Å². The highest BCUT2D eigenvalue weighted by atomic mass is 16.5. The number of rotatable bonds is 8. The zero-order chi connectivity index (χ0) is 12.4. The summed E-state index contributed by atoms with van der Waals surface area (Å²) in [5.74, 6) is -0.927. The molecule has 2 amide bonds. The SMILES string of the molecule is CCOCCCNC(=O)NC(C)CC(=O)O. The molecule has 0 bridgehead atoms. The van der Waals surface area contributed by atoms with E-state index in [0.29, 0.717) is 19.8 Å². The van der Waals surface area contributed by atoms with Crippen molar-refractivity contribution in [1.82, 2.24) is 10.6 Å². The molecule has 0 rings (SSSR count). The van der Waals surface area contributed by atoms with Crippen molar-refractivity contribution >= 4 is 12.0 Å². The fourth-order valence-corrected chi connectivity index (χ4v) is 1.11. The predicted octanol–water partition coefficient (Wildman–Crippen LogP) is 0.575. The highest BCUT2D eigenvalue weighted by molar-refractivity contribution is 5.75. The Labute approximate surface area is 95.4 Å². The monoisotopic (exact) mass is 232 g/mol. The van der Waals surface area contributed by atoms with Gasteiger partial charge in [0.2, 0.25) is 0 Å². The van der Waals surface area contributed by atoms with E-state index in [4.69, 9.17) is 9.84 Å². The molecule has 94 valence electrons. The maximum atomic E-state index is 11.2. The molecule has 0 aromatic heterocycles. The van der Waals surface area contributed by atoms with Gasteiger partial charge in [-0.05, 0) is 20.3 Å². The lowest BCUT2D eigenvalue weighted by Gasteiger charge is -2.12. The summed E-state index contributed by atoms with van der Waals surface area (Å²) in [6, 6.07) is -0.713. The lowest BCUT2D eigenvalue weighted by atomic mass is 10.2. The van der Waals surface area contributed by atoms with Crippen molar-refractivity contribution in [2.24, 2.45) is 0 Å². The van der Waals surface area contributed by atoms with E-state index in [2.05, 4.69) is 10.6 Å². The summed E-state index contributed by atoms with van der Waals surface area (Å²) in [7, 11) is 0. The Bertz CT molecular complexity index is 221. The van der Waals surface area contributed by atoms with Gasteiger partial charge in [-0.2, -0.15) is 0 Å². The summed E-state index contributed by atoms with van der Waals surface area (Å²) in [6.07, 6.45) is 0.668. The normalized spacial score (nSPS) is 11.9. The van der Waals surface area contributed by atoms with E-state index >= 15 is 0 Å².